The van der Waals surface area contributed by atoms with Crippen LogP contribution in [-0.4, -0.2) is 53.9 Å². The molecule has 2 amide bonds. The van der Waals surface area contributed by atoms with Crippen LogP contribution in [0, 0.1) is 0 Å². The monoisotopic (exact) mass is 422 g/mol. The van der Waals surface area contributed by atoms with Crippen LogP contribution in [0.2, 0.25) is 0 Å². The average molecular weight is 423 g/mol. The Bertz CT molecular complexity index is 866. The van der Waals surface area contributed by atoms with Crippen LogP contribution in [0.5, 0.6) is 5.75 Å². The minimum Gasteiger partial charge on any atom is -0.481 e. The summed E-state index contributed by atoms with van der Waals surface area (Å²) < 4.78 is 6.05. The van der Waals surface area contributed by atoms with Gasteiger partial charge in [-0.1, -0.05) is 62.4 Å². The van der Waals surface area contributed by atoms with E-state index in [0.29, 0.717) is 38.5 Å². The number of hydrogen-bond donors (Lipinski definition) is 0. The van der Waals surface area contributed by atoms with Crippen LogP contribution in [0.15, 0.2) is 54.6 Å². The Hall–Kier alpha value is -2.82. The SMILES string of the molecule is CC(Oc1ccccc1C(C)C)C(=O)N1CCCN(C(=O)CCc2ccccc2)CC1. The standard InChI is InChI=1S/C26H34N2O3/c1-20(2)23-12-7-8-13-24(23)31-21(3)26(30)28-17-9-16-27(18-19-28)25(29)15-14-22-10-5-4-6-11-22/h4-8,10-13,20-21H,9,14-19H2,1-3H3. The number of amides is 2. The fourth-order valence-electron chi connectivity index (χ4n) is 4.00. The predicted octanol–water partition coefficient (Wildman–Crippen LogP) is 4.27. The predicted molar refractivity (Wildman–Crippen MR) is 123 cm³/mol. The molecule has 1 saturated heterocycles. The van der Waals surface area contributed by atoms with Crippen molar-refractivity contribution in [3.05, 3.63) is 65.7 Å². The fraction of sp³-hybridized carbons (Fsp3) is 0.462. The first kappa shape index (κ1) is 22.9. The lowest BCUT2D eigenvalue weighted by atomic mass is 10.0. The molecule has 2 aromatic rings. The molecule has 1 heterocycles. The van der Waals surface area contributed by atoms with Gasteiger partial charge in [0.15, 0.2) is 6.10 Å². The molecule has 0 N–H and O–H groups in total. The van der Waals surface area contributed by atoms with Gasteiger partial charge in [0, 0.05) is 32.6 Å². The highest BCUT2D eigenvalue weighted by molar-refractivity contribution is 5.81. The van der Waals surface area contributed by atoms with Crippen molar-refractivity contribution >= 4 is 11.8 Å². The molecule has 1 fully saturated rings. The summed E-state index contributed by atoms with van der Waals surface area (Å²) in [6.07, 6.45) is 1.49. The molecular formula is C26H34N2O3. The fourth-order valence-corrected chi connectivity index (χ4v) is 4.00. The zero-order valence-electron chi connectivity index (χ0n) is 18.9. The van der Waals surface area contributed by atoms with Gasteiger partial charge in [0.2, 0.25) is 5.91 Å². The topological polar surface area (TPSA) is 49.9 Å². The molecule has 5 nitrogen and oxygen atoms in total. The highest BCUT2D eigenvalue weighted by atomic mass is 16.5. The van der Waals surface area contributed by atoms with Crippen molar-refractivity contribution in [1.82, 2.24) is 9.80 Å². The lowest BCUT2D eigenvalue weighted by molar-refractivity contribution is -0.138. The van der Waals surface area contributed by atoms with Gasteiger partial charge in [0.05, 0.1) is 0 Å². The molecule has 1 aliphatic heterocycles. The molecule has 0 bridgehead atoms. The molecule has 31 heavy (non-hydrogen) atoms. The Balaban J connectivity index is 1.52. The number of ether oxygens (including phenoxy) is 1. The number of rotatable bonds is 7. The van der Waals surface area contributed by atoms with Crippen LogP contribution in [-0.2, 0) is 16.0 Å². The summed E-state index contributed by atoms with van der Waals surface area (Å²) in [5.74, 6) is 1.24. The lowest BCUT2D eigenvalue weighted by Gasteiger charge is -2.26. The number of carbonyl (C=O) groups is 2. The Morgan fingerprint density at radius 3 is 2.26 bits per heavy atom. The van der Waals surface area contributed by atoms with E-state index >= 15 is 0 Å². The van der Waals surface area contributed by atoms with Gasteiger partial charge in [0.1, 0.15) is 5.75 Å². The number of benzene rings is 2. The zero-order valence-corrected chi connectivity index (χ0v) is 18.9. The van der Waals surface area contributed by atoms with E-state index in [1.54, 1.807) is 0 Å². The minimum absolute atomic E-state index is 0.0165. The molecule has 1 atom stereocenters. The second-order valence-electron chi connectivity index (χ2n) is 8.50. The van der Waals surface area contributed by atoms with E-state index in [2.05, 4.69) is 26.0 Å². The second kappa shape index (κ2) is 11.0. The number of nitrogens with zero attached hydrogens (tertiary/aromatic N) is 2. The van der Waals surface area contributed by atoms with Crippen molar-refractivity contribution < 1.29 is 14.3 Å². The van der Waals surface area contributed by atoms with Gasteiger partial charge in [-0.25, -0.2) is 0 Å². The van der Waals surface area contributed by atoms with Crippen molar-refractivity contribution in [3.8, 4) is 5.75 Å². The quantitative estimate of drug-likeness (QED) is 0.670. The summed E-state index contributed by atoms with van der Waals surface area (Å²) in [5, 5.41) is 0. The van der Waals surface area contributed by atoms with Crippen molar-refractivity contribution in [1.29, 1.82) is 0 Å². The van der Waals surface area contributed by atoms with Gasteiger partial charge in [-0.05, 0) is 42.9 Å². The summed E-state index contributed by atoms with van der Waals surface area (Å²) in [5.41, 5.74) is 2.28. The highest BCUT2D eigenvalue weighted by Gasteiger charge is 2.26. The van der Waals surface area contributed by atoms with Crippen LogP contribution >= 0.6 is 0 Å². The summed E-state index contributed by atoms with van der Waals surface area (Å²) in [6, 6.07) is 18.0. The number of hydrogen-bond acceptors (Lipinski definition) is 3. The molecular weight excluding hydrogens is 388 g/mol. The van der Waals surface area contributed by atoms with E-state index < -0.39 is 6.10 Å². The smallest absolute Gasteiger partial charge is 0.263 e. The first-order valence-corrected chi connectivity index (χ1v) is 11.3. The van der Waals surface area contributed by atoms with E-state index in [1.165, 1.54) is 5.56 Å². The second-order valence-corrected chi connectivity index (χ2v) is 8.50. The third kappa shape index (κ3) is 6.33. The van der Waals surface area contributed by atoms with Crippen molar-refractivity contribution in [2.24, 2.45) is 0 Å². The molecule has 1 unspecified atom stereocenters. The maximum absolute atomic E-state index is 13.0. The van der Waals surface area contributed by atoms with E-state index in [0.717, 1.165) is 24.2 Å². The normalized spacial score (nSPS) is 15.5. The van der Waals surface area contributed by atoms with Crippen LogP contribution in [0.4, 0.5) is 0 Å². The van der Waals surface area contributed by atoms with Gasteiger partial charge in [-0.15, -0.1) is 0 Å². The maximum atomic E-state index is 13.0. The van der Waals surface area contributed by atoms with Gasteiger partial charge in [-0.3, -0.25) is 9.59 Å². The van der Waals surface area contributed by atoms with Gasteiger partial charge in [0.25, 0.3) is 5.91 Å². The third-order valence-electron chi connectivity index (χ3n) is 5.82. The Kier molecular flexibility index (Phi) is 8.10. The molecule has 0 aromatic heterocycles. The summed E-state index contributed by atoms with van der Waals surface area (Å²) >= 11 is 0. The molecule has 166 valence electrons. The molecule has 2 aromatic carbocycles. The minimum atomic E-state index is -0.555. The van der Waals surface area contributed by atoms with E-state index in [-0.39, 0.29) is 11.8 Å². The maximum Gasteiger partial charge on any atom is 0.263 e. The molecule has 0 spiro atoms. The van der Waals surface area contributed by atoms with E-state index in [9.17, 15) is 9.59 Å². The summed E-state index contributed by atoms with van der Waals surface area (Å²) in [6.45, 7) is 8.53. The first-order chi connectivity index (χ1) is 15.0. The molecule has 0 saturated carbocycles. The van der Waals surface area contributed by atoms with Gasteiger partial charge >= 0.3 is 0 Å². The van der Waals surface area contributed by atoms with Crippen molar-refractivity contribution in [3.63, 3.8) is 0 Å². The Labute approximate surface area is 186 Å². The molecule has 0 radical (unpaired) electrons. The van der Waals surface area contributed by atoms with E-state index in [1.807, 2.05) is 59.2 Å². The van der Waals surface area contributed by atoms with Crippen LogP contribution in [0.3, 0.4) is 0 Å². The summed E-state index contributed by atoms with van der Waals surface area (Å²) in [4.78, 5) is 29.4. The molecule has 1 aliphatic rings. The number of para-hydroxylation sites is 1. The largest absolute Gasteiger partial charge is 0.481 e. The summed E-state index contributed by atoms with van der Waals surface area (Å²) in [7, 11) is 0. The number of aryl methyl sites for hydroxylation is 1. The molecule has 3 rings (SSSR count). The Morgan fingerprint density at radius 2 is 1.52 bits per heavy atom. The van der Waals surface area contributed by atoms with Crippen LogP contribution in [0.1, 0.15) is 50.7 Å². The number of carbonyl (C=O) groups excluding carboxylic acids is 2. The van der Waals surface area contributed by atoms with Crippen LogP contribution < -0.4 is 4.74 Å². The third-order valence-corrected chi connectivity index (χ3v) is 5.82. The lowest BCUT2D eigenvalue weighted by Crippen LogP contribution is -2.43. The van der Waals surface area contributed by atoms with Gasteiger partial charge < -0.3 is 14.5 Å². The molecule has 5 heteroatoms. The zero-order chi connectivity index (χ0) is 22.2. The molecule has 0 aliphatic carbocycles. The van der Waals surface area contributed by atoms with Crippen LogP contribution in [0.25, 0.3) is 0 Å². The van der Waals surface area contributed by atoms with Crippen molar-refractivity contribution in [2.75, 3.05) is 26.2 Å². The average Bonchev–Trinajstić information content (AvgIpc) is 3.04. The first-order valence-electron chi connectivity index (χ1n) is 11.3. The Morgan fingerprint density at radius 1 is 0.871 bits per heavy atom. The highest BCUT2D eigenvalue weighted by Crippen LogP contribution is 2.27. The van der Waals surface area contributed by atoms with Crippen molar-refractivity contribution in [2.45, 2.75) is 52.1 Å². The van der Waals surface area contributed by atoms with Gasteiger partial charge in [-0.2, -0.15) is 0 Å². The van der Waals surface area contributed by atoms with E-state index in [4.69, 9.17) is 4.74 Å².